The quantitative estimate of drug-likeness (QED) is 0.685. The normalized spacial score (nSPS) is 16.7. The lowest BCUT2D eigenvalue weighted by molar-refractivity contribution is 0.102. The number of carbonyl (C=O) groups excluding carboxylic acids is 1. The van der Waals surface area contributed by atoms with E-state index in [-0.39, 0.29) is 29.5 Å². The van der Waals surface area contributed by atoms with E-state index in [0.717, 1.165) is 25.0 Å². The van der Waals surface area contributed by atoms with Gasteiger partial charge in [-0.15, -0.1) is 11.3 Å². The first kappa shape index (κ1) is 19.9. The monoisotopic (exact) mass is 409 g/mol. The lowest BCUT2D eigenvalue weighted by Crippen LogP contribution is -2.27. The highest BCUT2D eigenvalue weighted by atomic mass is 32.2. The number of carbonyl (C=O) groups is 1. The second kappa shape index (κ2) is 8.47. The molecule has 1 aliphatic carbocycles. The van der Waals surface area contributed by atoms with Crippen molar-refractivity contribution in [3.05, 3.63) is 40.4 Å². The molecule has 1 amide bonds. The second-order valence-electron chi connectivity index (χ2n) is 6.61. The van der Waals surface area contributed by atoms with Crippen LogP contribution in [0.5, 0.6) is 0 Å². The maximum Gasteiger partial charge on any atom is 0.257 e. The van der Waals surface area contributed by atoms with Crippen LogP contribution < -0.4 is 10.0 Å². The topological polar surface area (TPSA) is 97.4 Å². The molecule has 0 saturated carbocycles. The molecule has 1 aromatic heterocycles. The SMILES string of the molecule is COCCNS(=O)(=O)c1cccc(C(=O)Nc2nc3c(s2)C[C@H](C)CC3)c1. The Hall–Kier alpha value is -1.81. The minimum atomic E-state index is -3.69. The molecule has 0 aliphatic heterocycles. The zero-order chi connectivity index (χ0) is 19.4. The molecule has 1 atom stereocenters. The van der Waals surface area contributed by atoms with Crippen LogP contribution in [-0.2, 0) is 27.6 Å². The van der Waals surface area contributed by atoms with Crippen LogP contribution in [0.4, 0.5) is 5.13 Å². The van der Waals surface area contributed by atoms with Crippen LogP contribution in [0.15, 0.2) is 29.2 Å². The maximum absolute atomic E-state index is 12.6. The van der Waals surface area contributed by atoms with Crippen molar-refractivity contribution in [1.29, 1.82) is 0 Å². The van der Waals surface area contributed by atoms with Gasteiger partial charge in [-0.25, -0.2) is 18.1 Å². The van der Waals surface area contributed by atoms with Gasteiger partial charge in [-0.05, 0) is 43.4 Å². The van der Waals surface area contributed by atoms with Gasteiger partial charge < -0.3 is 4.74 Å². The zero-order valence-corrected chi connectivity index (χ0v) is 17.0. The van der Waals surface area contributed by atoms with Gasteiger partial charge in [0.15, 0.2) is 5.13 Å². The van der Waals surface area contributed by atoms with Crippen molar-refractivity contribution in [2.24, 2.45) is 5.92 Å². The molecule has 2 aromatic rings. The molecule has 9 heteroatoms. The van der Waals surface area contributed by atoms with Crippen LogP contribution in [0, 0.1) is 5.92 Å². The van der Waals surface area contributed by atoms with Crippen molar-refractivity contribution in [2.45, 2.75) is 31.1 Å². The number of sulfonamides is 1. The summed E-state index contributed by atoms with van der Waals surface area (Å²) in [5.74, 6) is 0.261. The third kappa shape index (κ3) is 4.92. The highest BCUT2D eigenvalue weighted by Crippen LogP contribution is 2.32. The van der Waals surface area contributed by atoms with Crippen LogP contribution >= 0.6 is 11.3 Å². The minimum Gasteiger partial charge on any atom is -0.383 e. The number of ether oxygens (including phenoxy) is 1. The fourth-order valence-corrected chi connectivity index (χ4v) is 5.15. The van der Waals surface area contributed by atoms with E-state index in [1.165, 1.54) is 35.5 Å². The molecule has 1 aliphatic rings. The Balaban J connectivity index is 1.72. The molecule has 0 unspecified atom stereocenters. The number of nitrogens with zero attached hydrogens (tertiary/aromatic N) is 1. The number of aryl methyl sites for hydroxylation is 1. The lowest BCUT2D eigenvalue weighted by Gasteiger charge is -2.15. The Labute approximate surface area is 163 Å². The van der Waals surface area contributed by atoms with E-state index in [1.54, 1.807) is 12.1 Å². The van der Waals surface area contributed by atoms with E-state index in [9.17, 15) is 13.2 Å². The van der Waals surface area contributed by atoms with E-state index in [2.05, 4.69) is 21.9 Å². The summed E-state index contributed by atoms with van der Waals surface area (Å²) in [6, 6.07) is 5.95. The van der Waals surface area contributed by atoms with Crippen molar-refractivity contribution in [2.75, 3.05) is 25.6 Å². The third-order valence-corrected chi connectivity index (χ3v) is 6.91. The Kier molecular flexibility index (Phi) is 6.25. The lowest BCUT2D eigenvalue weighted by atomic mass is 9.93. The van der Waals surface area contributed by atoms with Crippen LogP contribution in [0.1, 0.15) is 34.3 Å². The average Bonchev–Trinajstić information content (AvgIpc) is 3.03. The van der Waals surface area contributed by atoms with Gasteiger partial charge in [0, 0.05) is 24.1 Å². The smallest absolute Gasteiger partial charge is 0.257 e. The molecular formula is C18H23N3O4S2. The van der Waals surface area contributed by atoms with E-state index in [4.69, 9.17) is 4.74 Å². The molecule has 7 nitrogen and oxygen atoms in total. The van der Waals surface area contributed by atoms with Gasteiger partial charge in [-0.3, -0.25) is 10.1 Å². The molecule has 0 saturated heterocycles. The van der Waals surface area contributed by atoms with Gasteiger partial charge >= 0.3 is 0 Å². The summed E-state index contributed by atoms with van der Waals surface area (Å²) in [4.78, 5) is 18.3. The summed E-state index contributed by atoms with van der Waals surface area (Å²) in [6.07, 6.45) is 3.04. The van der Waals surface area contributed by atoms with Gasteiger partial charge in [-0.1, -0.05) is 13.0 Å². The number of thiazole rings is 1. The summed E-state index contributed by atoms with van der Waals surface area (Å²) < 4.78 is 31.9. The van der Waals surface area contributed by atoms with Crippen LogP contribution in [0.3, 0.4) is 0 Å². The Bertz CT molecular complexity index is 924. The largest absolute Gasteiger partial charge is 0.383 e. The van der Waals surface area contributed by atoms with Crippen LogP contribution in [-0.4, -0.2) is 39.6 Å². The van der Waals surface area contributed by atoms with Crippen molar-refractivity contribution < 1.29 is 17.9 Å². The maximum atomic E-state index is 12.6. The van der Waals surface area contributed by atoms with Gasteiger partial charge in [-0.2, -0.15) is 0 Å². The van der Waals surface area contributed by atoms with Gasteiger partial charge in [0.05, 0.1) is 17.2 Å². The number of methoxy groups -OCH3 is 1. The Morgan fingerprint density at radius 1 is 1.41 bits per heavy atom. The third-order valence-electron chi connectivity index (χ3n) is 4.41. The van der Waals surface area contributed by atoms with Gasteiger partial charge in [0.25, 0.3) is 5.91 Å². The molecular weight excluding hydrogens is 386 g/mol. The minimum absolute atomic E-state index is 0.0403. The Morgan fingerprint density at radius 3 is 3.00 bits per heavy atom. The van der Waals surface area contributed by atoms with E-state index >= 15 is 0 Å². The molecule has 1 aromatic carbocycles. The molecule has 0 spiro atoms. The standard InChI is InChI=1S/C18H23N3O4S2/c1-12-6-7-15-16(10-12)26-18(20-15)21-17(22)13-4-3-5-14(11-13)27(23,24)19-8-9-25-2/h3-5,11-12,19H,6-10H2,1-2H3,(H,20,21,22)/t12-/m1/s1. The van der Waals surface area contributed by atoms with Gasteiger partial charge in [0.1, 0.15) is 0 Å². The highest BCUT2D eigenvalue weighted by molar-refractivity contribution is 7.89. The van der Waals surface area contributed by atoms with Crippen molar-refractivity contribution in [3.8, 4) is 0 Å². The summed E-state index contributed by atoms with van der Waals surface area (Å²) in [6.45, 7) is 2.65. The van der Waals surface area contributed by atoms with E-state index in [0.29, 0.717) is 11.0 Å². The number of amides is 1. The number of nitrogens with one attached hydrogen (secondary N) is 2. The number of rotatable bonds is 7. The first-order valence-corrected chi connectivity index (χ1v) is 11.1. The van der Waals surface area contributed by atoms with Gasteiger partial charge in [0.2, 0.25) is 10.0 Å². The molecule has 0 radical (unpaired) electrons. The summed E-state index contributed by atoms with van der Waals surface area (Å²) in [5, 5.41) is 3.36. The number of hydrogen-bond acceptors (Lipinski definition) is 6. The fraction of sp³-hybridized carbons (Fsp3) is 0.444. The molecule has 3 rings (SSSR count). The molecule has 2 N–H and O–H groups in total. The zero-order valence-electron chi connectivity index (χ0n) is 15.3. The van der Waals surface area contributed by atoms with Crippen molar-refractivity contribution in [3.63, 3.8) is 0 Å². The van der Waals surface area contributed by atoms with Crippen LogP contribution in [0.25, 0.3) is 0 Å². The predicted octanol–water partition coefficient (Wildman–Crippen LogP) is 2.44. The number of anilines is 1. The summed E-state index contributed by atoms with van der Waals surface area (Å²) >= 11 is 1.50. The predicted molar refractivity (Wildman–Crippen MR) is 105 cm³/mol. The number of fused-ring (bicyclic) bond motifs is 1. The van der Waals surface area contributed by atoms with E-state index in [1.807, 2.05) is 0 Å². The molecule has 0 fully saturated rings. The van der Waals surface area contributed by atoms with E-state index < -0.39 is 10.0 Å². The number of aromatic nitrogens is 1. The summed E-state index contributed by atoms with van der Waals surface area (Å²) in [5.41, 5.74) is 1.33. The molecule has 146 valence electrons. The first-order valence-electron chi connectivity index (χ1n) is 8.77. The highest BCUT2D eigenvalue weighted by Gasteiger charge is 2.21. The van der Waals surface area contributed by atoms with Crippen molar-refractivity contribution >= 4 is 32.4 Å². The molecule has 0 bridgehead atoms. The number of benzene rings is 1. The average molecular weight is 410 g/mol. The molecule has 1 heterocycles. The summed E-state index contributed by atoms with van der Waals surface area (Å²) in [7, 11) is -2.20. The fourth-order valence-electron chi connectivity index (χ4n) is 2.93. The first-order chi connectivity index (χ1) is 12.9. The second-order valence-corrected chi connectivity index (χ2v) is 9.46. The van der Waals surface area contributed by atoms with Crippen LogP contribution in [0.2, 0.25) is 0 Å². The molecule has 27 heavy (non-hydrogen) atoms. The number of hydrogen-bond donors (Lipinski definition) is 2. The van der Waals surface area contributed by atoms with Crippen molar-refractivity contribution in [1.82, 2.24) is 9.71 Å². The Morgan fingerprint density at radius 2 is 2.22 bits per heavy atom.